The molecule has 1 N–H and O–H groups in total. The zero-order chi connectivity index (χ0) is 13.8. The smallest absolute Gasteiger partial charge is 0.251 e. The molecule has 0 bridgehead atoms. The van der Waals surface area contributed by atoms with Gasteiger partial charge in [-0.3, -0.25) is 4.79 Å². The van der Waals surface area contributed by atoms with E-state index >= 15 is 0 Å². The Morgan fingerprint density at radius 2 is 1.90 bits per heavy atom. The highest BCUT2D eigenvalue weighted by Crippen LogP contribution is 2.19. The predicted octanol–water partition coefficient (Wildman–Crippen LogP) is 2.78. The highest BCUT2D eigenvalue weighted by atomic mass is 16.1. The first-order chi connectivity index (χ1) is 9.84. The minimum atomic E-state index is 0.119. The largest absolute Gasteiger partial charge is 0.317 e. The number of piperidine rings is 1. The number of hydrogen-bond donors (Lipinski definition) is 1. The number of aromatic nitrogens is 1. The van der Waals surface area contributed by atoms with Crippen molar-refractivity contribution >= 4 is 10.9 Å². The van der Waals surface area contributed by atoms with Crippen molar-refractivity contribution < 1.29 is 0 Å². The van der Waals surface area contributed by atoms with Gasteiger partial charge in [0.15, 0.2) is 0 Å². The zero-order valence-electron chi connectivity index (χ0n) is 11.8. The van der Waals surface area contributed by atoms with E-state index < -0.39 is 0 Å². The summed E-state index contributed by atoms with van der Waals surface area (Å²) in [5, 5.41) is 4.55. The van der Waals surface area contributed by atoms with Crippen LogP contribution in [0.4, 0.5) is 0 Å². The molecule has 1 aromatic carbocycles. The van der Waals surface area contributed by atoms with E-state index in [2.05, 4.69) is 11.4 Å². The first-order valence-electron chi connectivity index (χ1n) is 7.64. The second-order valence-electron chi connectivity index (χ2n) is 5.72. The molecule has 1 aliphatic rings. The molecule has 0 radical (unpaired) electrons. The molecular weight excluding hydrogens is 248 g/mol. The third kappa shape index (κ3) is 2.93. The molecule has 1 aromatic heterocycles. The summed E-state index contributed by atoms with van der Waals surface area (Å²) in [5.41, 5.74) is 1.18. The second kappa shape index (κ2) is 6.23. The van der Waals surface area contributed by atoms with Crippen LogP contribution in [-0.2, 0) is 6.54 Å². The summed E-state index contributed by atoms with van der Waals surface area (Å²) in [7, 11) is 0. The SMILES string of the molecule is O=c1ccc2ccccc2n1CCCC1CCNCC1. The number of benzene rings is 1. The number of fused-ring (bicyclic) bond motifs is 1. The molecule has 0 unspecified atom stereocenters. The number of pyridine rings is 1. The molecule has 0 spiro atoms. The van der Waals surface area contributed by atoms with Crippen LogP contribution in [0.3, 0.4) is 0 Å². The van der Waals surface area contributed by atoms with Gasteiger partial charge in [-0.2, -0.15) is 0 Å². The number of nitrogens with zero attached hydrogens (tertiary/aromatic N) is 1. The van der Waals surface area contributed by atoms with Crippen LogP contribution in [0.1, 0.15) is 25.7 Å². The highest BCUT2D eigenvalue weighted by Gasteiger charge is 2.12. The van der Waals surface area contributed by atoms with Gasteiger partial charge in [-0.25, -0.2) is 0 Å². The lowest BCUT2D eigenvalue weighted by Gasteiger charge is -2.22. The molecule has 0 amide bonds. The molecule has 1 fully saturated rings. The Bertz CT molecular complexity index is 626. The number of nitrogens with one attached hydrogen (secondary N) is 1. The van der Waals surface area contributed by atoms with E-state index in [0.29, 0.717) is 0 Å². The van der Waals surface area contributed by atoms with Crippen LogP contribution in [0.2, 0.25) is 0 Å². The molecule has 3 nitrogen and oxygen atoms in total. The molecule has 2 aromatic rings. The normalized spacial score (nSPS) is 16.6. The molecule has 106 valence electrons. The topological polar surface area (TPSA) is 34.0 Å². The van der Waals surface area contributed by atoms with E-state index in [0.717, 1.165) is 42.9 Å². The van der Waals surface area contributed by atoms with Gasteiger partial charge in [0.1, 0.15) is 0 Å². The minimum absolute atomic E-state index is 0.119. The molecule has 0 aliphatic carbocycles. The van der Waals surface area contributed by atoms with Crippen molar-refractivity contribution in [2.24, 2.45) is 5.92 Å². The Labute approximate surface area is 119 Å². The van der Waals surface area contributed by atoms with Gasteiger partial charge in [0.2, 0.25) is 0 Å². The average Bonchev–Trinajstić information content (AvgIpc) is 2.50. The van der Waals surface area contributed by atoms with E-state index in [4.69, 9.17) is 0 Å². The van der Waals surface area contributed by atoms with E-state index in [1.54, 1.807) is 6.07 Å². The first-order valence-corrected chi connectivity index (χ1v) is 7.64. The number of rotatable bonds is 4. The van der Waals surface area contributed by atoms with Crippen LogP contribution < -0.4 is 10.9 Å². The number of hydrogen-bond acceptors (Lipinski definition) is 2. The van der Waals surface area contributed by atoms with Crippen LogP contribution in [-0.4, -0.2) is 17.7 Å². The van der Waals surface area contributed by atoms with E-state index in [9.17, 15) is 4.79 Å². The molecule has 0 atom stereocenters. The third-order valence-electron chi connectivity index (χ3n) is 4.35. The number of aryl methyl sites for hydroxylation is 1. The lowest BCUT2D eigenvalue weighted by Crippen LogP contribution is -2.28. The van der Waals surface area contributed by atoms with Gasteiger partial charge in [0.05, 0.1) is 5.52 Å². The van der Waals surface area contributed by atoms with Crippen molar-refractivity contribution in [2.45, 2.75) is 32.2 Å². The summed E-state index contributed by atoms with van der Waals surface area (Å²) in [4.78, 5) is 12.1. The van der Waals surface area contributed by atoms with Crippen molar-refractivity contribution in [1.82, 2.24) is 9.88 Å². The molecule has 3 heteroatoms. The molecule has 20 heavy (non-hydrogen) atoms. The fourth-order valence-electron chi connectivity index (χ4n) is 3.18. The molecule has 1 aliphatic heterocycles. The van der Waals surface area contributed by atoms with E-state index in [1.165, 1.54) is 19.3 Å². The number of para-hydroxylation sites is 1. The maximum atomic E-state index is 12.1. The van der Waals surface area contributed by atoms with E-state index in [1.807, 2.05) is 28.8 Å². The van der Waals surface area contributed by atoms with Crippen molar-refractivity contribution in [3.05, 3.63) is 46.8 Å². The second-order valence-corrected chi connectivity index (χ2v) is 5.72. The van der Waals surface area contributed by atoms with Gasteiger partial charge in [-0.05, 0) is 62.2 Å². The Hall–Kier alpha value is -1.61. The summed E-state index contributed by atoms with van der Waals surface area (Å²) in [6, 6.07) is 11.7. The fourth-order valence-corrected chi connectivity index (χ4v) is 3.18. The quantitative estimate of drug-likeness (QED) is 0.927. The summed E-state index contributed by atoms with van der Waals surface area (Å²) < 4.78 is 1.93. The molecule has 1 saturated heterocycles. The average molecular weight is 270 g/mol. The lowest BCUT2D eigenvalue weighted by molar-refractivity contribution is 0.340. The van der Waals surface area contributed by atoms with Crippen molar-refractivity contribution in [3.8, 4) is 0 Å². The Morgan fingerprint density at radius 1 is 1.10 bits per heavy atom. The fraction of sp³-hybridized carbons (Fsp3) is 0.471. The van der Waals surface area contributed by atoms with Crippen LogP contribution in [0.15, 0.2) is 41.2 Å². The van der Waals surface area contributed by atoms with Gasteiger partial charge in [0, 0.05) is 12.6 Å². The van der Waals surface area contributed by atoms with Crippen molar-refractivity contribution in [1.29, 1.82) is 0 Å². The van der Waals surface area contributed by atoms with Gasteiger partial charge in [-0.15, -0.1) is 0 Å². The van der Waals surface area contributed by atoms with Crippen LogP contribution in [0.5, 0.6) is 0 Å². The standard InChI is InChI=1S/C17H22N2O/c20-17-8-7-15-5-1-2-6-16(15)19(17)13-3-4-14-9-11-18-12-10-14/h1-2,5-8,14,18H,3-4,9-13H2. The van der Waals surface area contributed by atoms with Crippen LogP contribution in [0.25, 0.3) is 10.9 Å². The van der Waals surface area contributed by atoms with Gasteiger partial charge in [0.25, 0.3) is 5.56 Å². The maximum Gasteiger partial charge on any atom is 0.251 e. The summed E-state index contributed by atoms with van der Waals surface area (Å²) in [5.74, 6) is 0.835. The highest BCUT2D eigenvalue weighted by molar-refractivity contribution is 5.78. The van der Waals surface area contributed by atoms with Gasteiger partial charge < -0.3 is 9.88 Å². The summed E-state index contributed by atoms with van der Waals surface area (Å²) in [6.07, 6.45) is 4.89. The van der Waals surface area contributed by atoms with Crippen molar-refractivity contribution in [3.63, 3.8) is 0 Å². The van der Waals surface area contributed by atoms with Gasteiger partial charge in [-0.1, -0.05) is 18.2 Å². The Kier molecular flexibility index (Phi) is 4.16. The monoisotopic (exact) mass is 270 g/mol. The summed E-state index contributed by atoms with van der Waals surface area (Å²) in [6.45, 7) is 3.14. The molecule has 0 saturated carbocycles. The van der Waals surface area contributed by atoms with Crippen molar-refractivity contribution in [2.75, 3.05) is 13.1 Å². The summed E-state index contributed by atoms with van der Waals surface area (Å²) >= 11 is 0. The lowest BCUT2D eigenvalue weighted by atomic mass is 9.93. The first kappa shape index (κ1) is 13.4. The Morgan fingerprint density at radius 3 is 2.75 bits per heavy atom. The molecule has 3 rings (SSSR count). The zero-order valence-corrected chi connectivity index (χ0v) is 11.8. The van der Waals surface area contributed by atoms with Crippen LogP contribution in [0, 0.1) is 5.92 Å². The van der Waals surface area contributed by atoms with E-state index in [-0.39, 0.29) is 5.56 Å². The molecule has 2 heterocycles. The van der Waals surface area contributed by atoms with Crippen LogP contribution >= 0.6 is 0 Å². The Balaban J connectivity index is 1.70. The molecular formula is C17H22N2O. The minimum Gasteiger partial charge on any atom is -0.317 e. The third-order valence-corrected chi connectivity index (χ3v) is 4.35. The predicted molar refractivity (Wildman–Crippen MR) is 83.0 cm³/mol. The van der Waals surface area contributed by atoms with Gasteiger partial charge >= 0.3 is 0 Å². The maximum absolute atomic E-state index is 12.1.